The molecule has 1 atom stereocenters. The SMILES string of the molecule is COc1cc(CN2CCOCC2CC(=O)O)ccc1O. The molecule has 0 radical (unpaired) electrons. The molecule has 1 aliphatic heterocycles. The highest BCUT2D eigenvalue weighted by Gasteiger charge is 2.25. The monoisotopic (exact) mass is 281 g/mol. The maximum Gasteiger partial charge on any atom is 0.305 e. The number of nitrogens with zero attached hydrogens (tertiary/aromatic N) is 1. The molecule has 20 heavy (non-hydrogen) atoms. The van der Waals surface area contributed by atoms with Crippen LogP contribution in [-0.4, -0.2) is 54.0 Å². The molecular weight excluding hydrogens is 262 g/mol. The normalized spacial score (nSPS) is 19.8. The van der Waals surface area contributed by atoms with Crippen molar-refractivity contribution in [3.63, 3.8) is 0 Å². The van der Waals surface area contributed by atoms with Gasteiger partial charge in [-0.25, -0.2) is 0 Å². The molecule has 0 amide bonds. The Morgan fingerprint density at radius 2 is 2.35 bits per heavy atom. The summed E-state index contributed by atoms with van der Waals surface area (Å²) in [5, 5.41) is 18.5. The van der Waals surface area contributed by atoms with Crippen LogP contribution in [0.15, 0.2) is 18.2 Å². The van der Waals surface area contributed by atoms with E-state index in [1.54, 1.807) is 12.1 Å². The quantitative estimate of drug-likeness (QED) is 0.840. The van der Waals surface area contributed by atoms with Gasteiger partial charge in [-0.1, -0.05) is 6.07 Å². The summed E-state index contributed by atoms with van der Waals surface area (Å²) in [5.74, 6) is -0.306. The first-order valence-corrected chi connectivity index (χ1v) is 6.49. The van der Waals surface area contributed by atoms with E-state index >= 15 is 0 Å². The lowest BCUT2D eigenvalue weighted by molar-refractivity contribution is -0.140. The van der Waals surface area contributed by atoms with Crippen molar-refractivity contribution in [1.29, 1.82) is 0 Å². The highest BCUT2D eigenvalue weighted by molar-refractivity contribution is 5.67. The molecular formula is C14H19NO5. The van der Waals surface area contributed by atoms with E-state index < -0.39 is 5.97 Å². The van der Waals surface area contributed by atoms with E-state index in [-0.39, 0.29) is 18.2 Å². The highest BCUT2D eigenvalue weighted by Crippen LogP contribution is 2.27. The van der Waals surface area contributed by atoms with Crippen molar-refractivity contribution in [2.24, 2.45) is 0 Å². The van der Waals surface area contributed by atoms with Gasteiger partial charge in [0.2, 0.25) is 0 Å². The fourth-order valence-electron chi connectivity index (χ4n) is 2.34. The average molecular weight is 281 g/mol. The van der Waals surface area contributed by atoms with E-state index in [9.17, 15) is 9.90 Å². The first kappa shape index (κ1) is 14.6. The number of carbonyl (C=O) groups is 1. The molecule has 0 bridgehead atoms. The standard InChI is InChI=1S/C14H19NO5/c1-19-13-6-10(2-3-12(13)16)8-15-4-5-20-9-11(15)7-14(17)18/h2-3,6,11,16H,4-5,7-9H2,1H3,(H,17,18). The molecule has 0 spiro atoms. The third-order valence-corrected chi connectivity index (χ3v) is 3.39. The molecule has 6 heteroatoms. The summed E-state index contributed by atoms with van der Waals surface area (Å²) >= 11 is 0. The summed E-state index contributed by atoms with van der Waals surface area (Å²) in [6.45, 7) is 2.34. The molecule has 6 nitrogen and oxygen atoms in total. The topological polar surface area (TPSA) is 79.2 Å². The van der Waals surface area contributed by atoms with E-state index in [2.05, 4.69) is 4.90 Å². The average Bonchev–Trinajstić information content (AvgIpc) is 2.42. The number of morpholine rings is 1. The molecule has 0 aliphatic carbocycles. The predicted molar refractivity (Wildman–Crippen MR) is 71.9 cm³/mol. The van der Waals surface area contributed by atoms with Gasteiger partial charge in [-0.2, -0.15) is 0 Å². The number of carboxylic acids is 1. The fourth-order valence-corrected chi connectivity index (χ4v) is 2.34. The number of hydrogen-bond donors (Lipinski definition) is 2. The predicted octanol–water partition coefficient (Wildman–Crippen LogP) is 1.08. The Morgan fingerprint density at radius 3 is 3.05 bits per heavy atom. The van der Waals surface area contributed by atoms with Gasteiger partial charge < -0.3 is 19.7 Å². The molecule has 0 saturated carbocycles. The molecule has 1 fully saturated rings. The van der Waals surface area contributed by atoms with Crippen LogP contribution in [0.5, 0.6) is 11.5 Å². The maximum absolute atomic E-state index is 10.9. The van der Waals surface area contributed by atoms with Crippen LogP contribution in [0.2, 0.25) is 0 Å². The number of carboxylic acid groups (broad SMARTS) is 1. The van der Waals surface area contributed by atoms with E-state index in [1.165, 1.54) is 7.11 Å². The van der Waals surface area contributed by atoms with Crippen LogP contribution >= 0.6 is 0 Å². The van der Waals surface area contributed by atoms with E-state index in [0.717, 1.165) is 5.56 Å². The molecule has 2 rings (SSSR count). The van der Waals surface area contributed by atoms with Gasteiger partial charge in [0.1, 0.15) is 0 Å². The van der Waals surface area contributed by atoms with Crippen molar-refractivity contribution in [2.45, 2.75) is 19.0 Å². The molecule has 1 heterocycles. The van der Waals surface area contributed by atoms with Crippen LogP contribution in [0.1, 0.15) is 12.0 Å². The minimum atomic E-state index is -0.825. The Bertz CT molecular complexity index is 477. The second-order valence-corrected chi connectivity index (χ2v) is 4.80. The van der Waals surface area contributed by atoms with Gasteiger partial charge >= 0.3 is 5.97 Å². The lowest BCUT2D eigenvalue weighted by Gasteiger charge is -2.34. The largest absolute Gasteiger partial charge is 0.504 e. The summed E-state index contributed by atoms with van der Waals surface area (Å²) in [6, 6.07) is 5.04. The van der Waals surface area contributed by atoms with Crippen molar-refractivity contribution >= 4 is 5.97 Å². The van der Waals surface area contributed by atoms with Gasteiger partial charge in [0.25, 0.3) is 0 Å². The molecule has 110 valence electrons. The third kappa shape index (κ3) is 3.61. The zero-order valence-electron chi connectivity index (χ0n) is 11.4. The number of aromatic hydroxyl groups is 1. The summed E-state index contributed by atoms with van der Waals surface area (Å²) in [7, 11) is 1.50. The second kappa shape index (κ2) is 6.58. The Morgan fingerprint density at radius 1 is 1.55 bits per heavy atom. The number of hydrogen-bond acceptors (Lipinski definition) is 5. The van der Waals surface area contributed by atoms with Crippen LogP contribution in [0, 0.1) is 0 Å². The molecule has 1 aromatic carbocycles. The highest BCUT2D eigenvalue weighted by atomic mass is 16.5. The Balaban J connectivity index is 2.08. The molecule has 1 aliphatic rings. The van der Waals surface area contributed by atoms with Crippen molar-refractivity contribution in [1.82, 2.24) is 4.90 Å². The van der Waals surface area contributed by atoms with Gasteiger partial charge in [0.05, 0.1) is 26.7 Å². The number of methoxy groups -OCH3 is 1. The first-order chi connectivity index (χ1) is 9.60. The fraction of sp³-hybridized carbons (Fsp3) is 0.500. The summed E-state index contributed by atoms with van der Waals surface area (Å²) in [4.78, 5) is 13.0. The van der Waals surface area contributed by atoms with Crippen LogP contribution in [0.25, 0.3) is 0 Å². The summed E-state index contributed by atoms with van der Waals surface area (Å²) in [6.07, 6.45) is 0.0647. The van der Waals surface area contributed by atoms with Gasteiger partial charge in [0.15, 0.2) is 11.5 Å². The van der Waals surface area contributed by atoms with Gasteiger partial charge in [0, 0.05) is 19.1 Å². The zero-order valence-corrected chi connectivity index (χ0v) is 11.4. The number of phenolic OH excluding ortho intramolecular Hbond substituents is 1. The Kier molecular flexibility index (Phi) is 4.81. The third-order valence-electron chi connectivity index (χ3n) is 3.39. The van der Waals surface area contributed by atoms with Crippen molar-refractivity contribution in [3.8, 4) is 11.5 Å². The van der Waals surface area contributed by atoms with Crippen LogP contribution in [-0.2, 0) is 16.1 Å². The van der Waals surface area contributed by atoms with Crippen molar-refractivity contribution < 1.29 is 24.5 Å². The molecule has 1 aromatic rings. The Hall–Kier alpha value is -1.79. The summed E-state index contributed by atoms with van der Waals surface area (Å²) in [5.41, 5.74) is 0.969. The lowest BCUT2D eigenvalue weighted by atomic mass is 10.1. The maximum atomic E-state index is 10.9. The van der Waals surface area contributed by atoms with Crippen molar-refractivity contribution in [3.05, 3.63) is 23.8 Å². The van der Waals surface area contributed by atoms with Crippen LogP contribution < -0.4 is 4.74 Å². The van der Waals surface area contributed by atoms with E-state index in [4.69, 9.17) is 14.6 Å². The minimum Gasteiger partial charge on any atom is -0.504 e. The van der Waals surface area contributed by atoms with Gasteiger partial charge in [-0.15, -0.1) is 0 Å². The van der Waals surface area contributed by atoms with Crippen molar-refractivity contribution in [2.75, 3.05) is 26.9 Å². The molecule has 0 aromatic heterocycles. The smallest absolute Gasteiger partial charge is 0.305 e. The van der Waals surface area contributed by atoms with E-state index in [0.29, 0.717) is 32.1 Å². The minimum absolute atomic E-state index is 0.0647. The number of aliphatic carboxylic acids is 1. The van der Waals surface area contributed by atoms with E-state index in [1.807, 2.05) is 6.07 Å². The van der Waals surface area contributed by atoms with Gasteiger partial charge in [-0.3, -0.25) is 9.69 Å². The van der Waals surface area contributed by atoms with Gasteiger partial charge in [-0.05, 0) is 17.7 Å². The Labute approximate surface area is 117 Å². The number of rotatable bonds is 5. The first-order valence-electron chi connectivity index (χ1n) is 6.49. The van der Waals surface area contributed by atoms with Crippen LogP contribution in [0.3, 0.4) is 0 Å². The molecule has 1 unspecified atom stereocenters. The van der Waals surface area contributed by atoms with Crippen LogP contribution in [0.4, 0.5) is 0 Å². The summed E-state index contributed by atoms with van der Waals surface area (Å²) < 4.78 is 10.4. The molecule has 2 N–H and O–H groups in total. The lowest BCUT2D eigenvalue weighted by Crippen LogP contribution is -2.45. The number of ether oxygens (including phenoxy) is 2. The number of benzene rings is 1. The second-order valence-electron chi connectivity index (χ2n) is 4.80. The molecule has 1 saturated heterocycles. The zero-order chi connectivity index (χ0) is 14.5. The number of phenols is 1.